The lowest BCUT2D eigenvalue weighted by Crippen LogP contribution is -2.39. The van der Waals surface area contributed by atoms with Crippen molar-refractivity contribution in [3.63, 3.8) is 0 Å². The number of nitrogens with zero attached hydrogens (tertiary/aromatic N) is 2. The van der Waals surface area contributed by atoms with Gasteiger partial charge >= 0.3 is 0 Å². The van der Waals surface area contributed by atoms with Crippen molar-refractivity contribution in [1.29, 1.82) is 0 Å². The van der Waals surface area contributed by atoms with Gasteiger partial charge in [0.15, 0.2) is 0 Å². The SMILES string of the molecule is Cl.Cl.O=C(CCn1cnc2ccccc21)NCC1NCCc2ccccc21. The third-order valence-electron chi connectivity index (χ3n) is 4.83. The van der Waals surface area contributed by atoms with Gasteiger partial charge in [0.25, 0.3) is 0 Å². The number of carbonyl (C=O) groups excluding carboxylic acids is 1. The Morgan fingerprint density at radius 2 is 1.93 bits per heavy atom. The van der Waals surface area contributed by atoms with E-state index in [1.54, 1.807) is 6.33 Å². The van der Waals surface area contributed by atoms with Crippen molar-refractivity contribution in [1.82, 2.24) is 20.2 Å². The fraction of sp³-hybridized carbons (Fsp3) is 0.300. The Balaban J connectivity index is 0.00000131. The Morgan fingerprint density at radius 3 is 2.81 bits per heavy atom. The number of halogens is 2. The molecular formula is C20H24Cl2N4O. The van der Waals surface area contributed by atoms with Gasteiger partial charge in [-0.1, -0.05) is 36.4 Å². The van der Waals surface area contributed by atoms with Gasteiger partial charge in [-0.3, -0.25) is 4.79 Å². The number of aryl methyl sites for hydroxylation is 1. The molecule has 0 saturated heterocycles. The molecule has 1 atom stereocenters. The van der Waals surface area contributed by atoms with E-state index in [0.717, 1.165) is 24.0 Å². The monoisotopic (exact) mass is 406 g/mol. The first-order valence-electron chi connectivity index (χ1n) is 8.79. The number of benzene rings is 2. The van der Waals surface area contributed by atoms with Crippen molar-refractivity contribution >= 4 is 41.8 Å². The average molecular weight is 407 g/mol. The minimum absolute atomic E-state index is 0. The molecule has 0 saturated carbocycles. The third-order valence-corrected chi connectivity index (χ3v) is 4.83. The van der Waals surface area contributed by atoms with Crippen LogP contribution in [0.15, 0.2) is 54.9 Å². The predicted octanol–water partition coefficient (Wildman–Crippen LogP) is 3.27. The first kappa shape index (κ1) is 21.2. The van der Waals surface area contributed by atoms with Crippen LogP contribution in [0.4, 0.5) is 0 Å². The number of hydrogen-bond acceptors (Lipinski definition) is 3. The zero-order valence-corrected chi connectivity index (χ0v) is 16.6. The lowest BCUT2D eigenvalue weighted by atomic mass is 9.94. The van der Waals surface area contributed by atoms with Crippen LogP contribution in [-0.2, 0) is 17.8 Å². The van der Waals surface area contributed by atoms with Gasteiger partial charge in [-0.25, -0.2) is 4.98 Å². The van der Waals surface area contributed by atoms with Crippen LogP contribution in [0, 0.1) is 0 Å². The zero-order chi connectivity index (χ0) is 17.1. The Labute approximate surface area is 171 Å². The first-order chi connectivity index (χ1) is 12.3. The number of para-hydroxylation sites is 2. The van der Waals surface area contributed by atoms with Crippen molar-refractivity contribution < 1.29 is 4.79 Å². The second-order valence-corrected chi connectivity index (χ2v) is 6.44. The molecule has 7 heteroatoms. The smallest absolute Gasteiger partial charge is 0.221 e. The lowest BCUT2D eigenvalue weighted by Gasteiger charge is -2.27. The second-order valence-electron chi connectivity index (χ2n) is 6.44. The third kappa shape index (κ3) is 4.80. The van der Waals surface area contributed by atoms with E-state index in [-0.39, 0.29) is 36.8 Å². The summed E-state index contributed by atoms with van der Waals surface area (Å²) in [4.78, 5) is 16.6. The summed E-state index contributed by atoms with van der Waals surface area (Å²) in [5.74, 6) is 0.0719. The summed E-state index contributed by atoms with van der Waals surface area (Å²) in [7, 11) is 0. The molecule has 1 unspecified atom stereocenters. The normalized spacial score (nSPS) is 15.3. The molecule has 4 rings (SSSR count). The predicted molar refractivity (Wildman–Crippen MR) is 113 cm³/mol. The molecule has 5 nitrogen and oxygen atoms in total. The van der Waals surface area contributed by atoms with Gasteiger partial charge in [0.05, 0.1) is 17.4 Å². The van der Waals surface area contributed by atoms with Crippen LogP contribution in [0.5, 0.6) is 0 Å². The van der Waals surface area contributed by atoms with E-state index < -0.39 is 0 Å². The molecule has 0 spiro atoms. The Kier molecular flexibility index (Phi) is 7.66. The second kappa shape index (κ2) is 9.74. The molecule has 144 valence electrons. The van der Waals surface area contributed by atoms with E-state index in [4.69, 9.17) is 0 Å². The van der Waals surface area contributed by atoms with Gasteiger partial charge < -0.3 is 15.2 Å². The van der Waals surface area contributed by atoms with Crippen LogP contribution < -0.4 is 10.6 Å². The van der Waals surface area contributed by atoms with Gasteiger partial charge in [0, 0.05) is 25.6 Å². The summed E-state index contributed by atoms with van der Waals surface area (Å²) in [6.45, 7) is 2.22. The number of amides is 1. The molecule has 0 bridgehead atoms. The van der Waals surface area contributed by atoms with Crippen LogP contribution >= 0.6 is 24.8 Å². The minimum atomic E-state index is 0. The Bertz CT molecular complexity index is 896. The molecule has 27 heavy (non-hydrogen) atoms. The number of rotatable bonds is 5. The van der Waals surface area contributed by atoms with Crippen LogP contribution in [0.3, 0.4) is 0 Å². The fourth-order valence-corrected chi connectivity index (χ4v) is 3.49. The molecule has 1 aliphatic rings. The number of hydrogen-bond donors (Lipinski definition) is 2. The summed E-state index contributed by atoms with van der Waals surface area (Å²) in [6.07, 6.45) is 3.31. The maximum Gasteiger partial charge on any atom is 0.221 e. The highest BCUT2D eigenvalue weighted by Gasteiger charge is 2.19. The van der Waals surface area contributed by atoms with Gasteiger partial charge in [0.1, 0.15) is 0 Å². The van der Waals surface area contributed by atoms with E-state index in [1.165, 1.54) is 11.1 Å². The number of carbonyl (C=O) groups is 1. The molecule has 2 heterocycles. The van der Waals surface area contributed by atoms with Crippen molar-refractivity contribution in [2.24, 2.45) is 0 Å². The zero-order valence-electron chi connectivity index (χ0n) is 14.9. The molecule has 2 N–H and O–H groups in total. The van der Waals surface area contributed by atoms with E-state index in [1.807, 2.05) is 28.8 Å². The van der Waals surface area contributed by atoms with Crippen molar-refractivity contribution in [3.05, 3.63) is 66.0 Å². The molecule has 2 aromatic carbocycles. The van der Waals surface area contributed by atoms with Gasteiger partial charge in [-0.05, 0) is 36.2 Å². The molecule has 0 fully saturated rings. The topological polar surface area (TPSA) is 59.0 Å². The highest BCUT2D eigenvalue weighted by Crippen LogP contribution is 2.21. The van der Waals surface area contributed by atoms with Gasteiger partial charge in [0.2, 0.25) is 5.91 Å². The summed E-state index contributed by atoms with van der Waals surface area (Å²) in [6, 6.07) is 16.6. The molecule has 1 amide bonds. The summed E-state index contributed by atoms with van der Waals surface area (Å²) in [5.41, 5.74) is 4.71. The Hall–Kier alpha value is -2.08. The summed E-state index contributed by atoms with van der Waals surface area (Å²) in [5, 5.41) is 6.56. The molecule has 3 aromatic rings. The van der Waals surface area contributed by atoms with E-state index >= 15 is 0 Å². The van der Waals surface area contributed by atoms with Crippen LogP contribution in [0.25, 0.3) is 11.0 Å². The standard InChI is InChI=1S/C20H22N4O.2ClH/c25-20(10-12-24-14-23-17-7-3-4-8-19(17)24)22-13-18-16-6-2-1-5-15(16)9-11-21-18;;/h1-8,14,18,21H,9-13H2,(H,22,25);2*1H. The first-order valence-corrected chi connectivity index (χ1v) is 8.79. The number of fused-ring (bicyclic) bond motifs is 2. The number of imidazole rings is 1. The van der Waals surface area contributed by atoms with Crippen LogP contribution in [-0.4, -0.2) is 28.5 Å². The van der Waals surface area contributed by atoms with Crippen molar-refractivity contribution in [2.45, 2.75) is 25.4 Å². The molecule has 0 aliphatic carbocycles. The highest BCUT2D eigenvalue weighted by molar-refractivity contribution is 5.85. The van der Waals surface area contributed by atoms with Crippen LogP contribution in [0.1, 0.15) is 23.6 Å². The lowest BCUT2D eigenvalue weighted by molar-refractivity contribution is -0.121. The minimum Gasteiger partial charge on any atom is -0.354 e. The van der Waals surface area contributed by atoms with Crippen molar-refractivity contribution in [3.8, 4) is 0 Å². The number of aromatic nitrogens is 2. The fourth-order valence-electron chi connectivity index (χ4n) is 3.49. The Morgan fingerprint density at radius 1 is 1.15 bits per heavy atom. The van der Waals surface area contributed by atoms with Crippen molar-refractivity contribution in [2.75, 3.05) is 13.1 Å². The average Bonchev–Trinajstić information content (AvgIpc) is 3.08. The van der Waals surface area contributed by atoms with E-state index in [9.17, 15) is 4.79 Å². The summed E-state index contributed by atoms with van der Waals surface area (Å²) < 4.78 is 2.03. The van der Waals surface area contributed by atoms with E-state index in [2.05, 4.69) is 39.9 Å². The number of nitrogens with one attached hydrogen (secondary N) is 2. The molecule has 1 aliphatic heterocycles. The molecular weight excluding hydrogens is 383 g/mol. The molecule has 0 radical (unpaired) electrons. The maximum absolute atomic E-state index is 12.3. The van der Waals surface area contributed by atoms with Gasteiger partial charge in [-0.15, -0.1) is 24.8 Å². The van der Waals surface area contributed by atoms with Crippen LogP contribution in [0.2, 0.25) is 0 Å². The van der Waals surface area contributed by atoms with E-state index in [0.29, 0.717) is 19.5 Å². The highest BCUT2D eigenvalue weighted by atomic mass is 35.5. The maximum atomic E-state index is 12.3. The quantitative estimate of drug-likeness (QED) is 0.683. The molecule has 1 aromatic heterocycles. The largest absolute Gasteiger partial charge is 0.354 e. The van der Waals surface area contributed by atoms with Gasteiger partial charge in [-0.2, -0.15) is 0 Å². The summed E-state index contributed by atoms with van der Waals surface area (Å²) >= 11 is 0.